The van der Waals surface area contributed by atoms with E-state index in [0.717, 1.165) is 12.1 Å². The van der Waals surface area contributed by atoms with Crippen molar-refractivity contribution in [2.24, 2.45) is 0 Å². The molecule has 1 N–H and O–H groups in total. The molecule has 0 bridgehead atoms. The summed E-state index contributed by atoms with van der Waals surface area (Å²) in [6.07, 6.45) is 0. The van der Waals surface area contributed by atoms with Gasteiger partial charge in [-0.1, -0.05) is 29.8 Å². The summed E-state index contributed by atoms with van der Waals surface area (Å²) in [5.74, 6) is -3.31. The quantitative estimate of drug-likeness (QED) is 0.894. The lowest BCUT2D eigenvalue weighted by molar-refractivity contribution is 0.0696. The number of hydrogen-bond donors (Lipinski definition) is 1. The molecule has 0 aliphatic rings. The molecule has 0 radical (unpaired) electrons. The van der Waals surface area contributed by atoms with E-state index in [2.05, 4.69) is 0 Å². The zero-order valence-electron chi connectivity index (χ0n) is 8.95. The van der Waals surface area contributed by atoms with Gasteiger partial charge in [0.25, 0.3) is 0 Å². The van der Waals surface area contributed by atoms with E-state index in [1.165, 1.54) is 12.1 Å². The van der Waals surface area contributed by atoms with Crippen LogP contribution < -0.4 is 0 Å². The lowest BCUT2D eigenvalue weighted by Crippen LogP contribution is -2.01. The Hall–Kier alpha value is -1.94. The largest absolute Gasteiger partial charge is 0.478 e. The highest BCUT2D eigenvalue weighted by atomic mass is 35.5. The molecule has 2 rings (SSSR count). The van der Waals surface area contributed by atoms with E-state index < -0.39 is 23.2 Å². The third kappa shape index (κ3) is 2.19. The van der Waals surface area contributed by atoms with E-state index in [-0.39, 0.29) is 16.1 Å². The standard InChI is InChI=1S/C13H7ClF2O2/c14-9-4-2-1-3-8(9)12-10(15)5-7(13(17)18)6-11(12)16/h1-6H,(H,17,18). The van der Waals surface area contributed by atoms with Crippen molar-refractivity contribution in [2.75, 3.05) is 0 Å². The molecule has 92 valence electrons. The number of halogens is 3. The molecule has 0 aliphatic carbocycles. The summed E-state index contributed by atoms with van der Waals surface area (Å²) in [5, 5.41) is 8.88. The Balaban J connectivity index is 2.67. The van der Waals surface area contributed by atoms with Crippen molar-refractivity contribution < 1.29 is 18.7 Å². The van der Waals surface area contributed by atoms with E-state index >= 15 is 0 Å². The van der Waals surface area contributed by atoms with Gasteiger partial charge in [0.05, 0.1) is 11.1 Å². The summed E-state index contributed by atoms with van der Waals surface area (Å²) in [4.78, 5) is 10.7. The second kappa shape index (κ2) is 4.74. The van der Waals surface area contributed by atoms with Gasteiger partial charge in [0, 0.05) is 10.6 Å². The molecular weight excluding hydrogens is 262 g/mol. The van der Waals surface area contributed by atoms with Gasteiger partial charge in [0.1, 0.15) is 11.6 Å². The van der Waals surface area contributed by atoms with Crippen LogP contribution in [0.4, 0.5) is 8.78 Å². The summed E-state index contributed by atoms with van der Waals surface area (Å²) in [6.45, 7) is 0. The molecule has 2 aromatic carbocycles. The highest BCUT2D eigenvalue weighted by Crippen LogP contribution is 2.32. The maximum atomic E-state index is 13.8. The average molecular weight is 269 g/mol. The minimum Gasteiger partial charge on any atom is -0.478 e. The van der Waals surface area contributed by atoms with Crippen molar-refractivity contribution in [3.8, 4) is 11.1 Å². The average Bonchev–Trinajstić information content (AvgIpc) is 2.30. The fourth-order valence-corrected chi connectivity index (χ4v) is 1.85. The first-order valence-electron chi connectivity index (χ1n) is 4.98. The van der Waals surface area contributed by atoms with Crippen molar-refractivity contribution in [3.05, 3.63) is 58.6 Å². The van der Waals surface area contributed by atoms with Gasteiger partial charge in [-0.3, -0.25) is 0 Å². The summed E-state index contributed by atoms with van der Waals surface area (Å²) >= 11 is 5.86. The van der Waals surface area contributed by atoms with Gasteiger partial charge < -0.3 is 5.11 Å². The van der Waals surface area contributed by atoms with Crippen molar-refractivity contribution >= 4 is 17.6 Å². The molecule has 0 saturated carbocycles. The zero-order valence-corrected chi connectivity index (χ0v) is 9.71. The van der Waals surface area contributed by atoms with E-state index in [0.29, 0.717) is 0 Å². The Morgan fingerprint density at radius 3 is 2.17 bits per heavy atom. The third-order valence-electron chi connectivity index (χ3n) is 2.43. The SMILES string of the molecule is O=C(O)c1cc(F)c(-c2ccccc2Cl)c(F)c1. The normalized spacial score (nSPS) is 10.4. The molecule has 0 atom stereocenters. The lowest BCUT2D eigenvalue weighted by atomic mass is 10.0. The molecule has 5 heteroatoms. The number of carbonyl (C=O) groups is 1. The van der Waals surface area contributed by atoms with Crippen LogP contribution in [0.15, 0.2) is 36.4 Å². The molecule has 0 heterocycles. The number of hydrogen-bond acceptors (Lipinski definition) is 1. The predicted octanol–water partition coefficient (Wildman–Crippen LogP) is 3.98. The van der Waals surface area contributed by atoms with E-state index in [1.54, 1.807) is 12.1 Å². The van der Waals surface area contributed by atoms with Gasteiger partial charge in [0.2, 0.25) is 0 Å². The Morgan fingerprint density at radius 1 is 1.11 bits per heavy atom. The third-order valence-corrected chi connectivity index (χ3v) is 2.76. The highest BCUT2D eigenvalue weighted by molar-refractivity contribution is 6.33. The minimum atomic E-state index is -1.39. The Kier molecular flexibility index (Phi) is 3.30. The first-order chi connectivity index (χ1) is 8.50. The number of carboxylic acids is 1. The van der Waals surface area contributed by atoms with Gasteiger partial charge in [-0.2, -0.15) is 0 Å². The van der Waals surface area contributed by atoms with Crippen LogP contribution in [0.2, 0.25) is 5.02 Å². The lowest BCUT2D eigenvalue weighted by Gasteiger charge is -2.08. The summed E-state index contributed by atoms with van der Waals surface area (Å²) in [5.41, 5.74) is -0.586. The zero-order chi connectivity index (χ0) is 13.3. The van der Waals surface area contributed by atoms with Gasteiger partial charge in [-0.25, -0.2) is 13.6 Å². The van der Waals surface area contributed by atoms with Gasteiger partial charge >= 0.3 is 5.97 Å². The van der Waals surface area contributed by atoms with Crippen LogP contribution in [0.5, 0.6) is 0 Å². The van der Waals surface area contributed by atoms with Gasteiger partial charge in [-0.15, -0.1) is 0 Å². The highest BCUT2D eigenvalue weighted by Gasteiger charge is 2.17. The first-order valence-corrected chi connectivity index (χ1v) is 5.35. The van der Waals surface area contributed by atoms with Crippen LogP contribution in [0.3, 0.4) is 0 Å². The van der Waals surface area contributed by atoms with Crippen LogP contribution in [0.1, 0.15) is 10.4 Å². The molecule has 18 heavy (non-hydrogen) atoms. The van der Waals surface area contributed by atoms with Crippen molar-refractivity contribution in [2.45, 2.75) is 0 Å². The fourth-order valence-electron chi connectivity index (χ4n) is 1.62. The Bertz CT molecular complexity index is 603. The smallest absolute Gasteiger partial charge is 0.335 e. The summed E-state index contributed by atoms with van der Waals surface area (Å²) < 4.78 is 27.6. The number of carboxylic acid groups (broad SMARTS) is 1. The van der Waals surface area contributed by atoms with Gasteiger partial charge in [0.15, 0.2) is 0 Å². The maximum Gasteiger partial charge on any atom is 0.335 e. The fraction of sp³-hybridized carbons (Fsp3) is 0. The van der Waals surface area contributed by atoms with Crippen LogP contribution in [-0.2, 0) is 0 Å². The number of rotatable bonds is 2. The topological polar surface area (TPSA) is 37.3 Å². The molecule has 0 unspecified atom stereocenters. The monoisotopic (exact) mass is 268 g/mol. The summed E-state index contributed by atoms with van der Waals surface area (Å²) in [7, 11) is 0. The minimum absolute atomic E-state index is 0.186. The van der Waals surface area contributed by atoms with Crippen molar-refractivity contribution in [1.82, 2.24) is 0 Å². The second-order valence-electron chi connectivity index (χ2n) is 3.60. The maximum absolute atomic E-state index is 13.8. The molecule has 0 aromatic heterocycles. The number of benzene rings is 2. The summed E-state index contributed by atoms with van der Waals surface area (Å²) in [6, 6.07) is 7.72. The van der Waals surface area contributed by atoms with Crippen LogP contribution in [0, 0.1) is 11.6 Å². The molecule has 2 nitrogen and oxygen atoms in total. The Morgan fingerprint density at radius 2 is 1.67 bits per heavy atom. The van der Waals surface area contributed by atoms with E-state index in [4.69, 9.17) is 16.7 Å². The molecule has 0 amide bonds. The molecule has 0 fully saturated rings. The molecule has 0 saturated heterocycles. The molecule has 2 aromatic rings. The predicted molar refractivity (Wildman–Crippen MR) is 63.8 cm³/mol. The second-order valence-corrected chi connectivity index (χ2v) is 4.01. The Labute approximate surface area is 106 Å². The van der Waals surface area contributed by atoms with Crippen molar-refractivity contribution in [1.29, 1.82) is 0 Å². The molecular formula is C13H7ClF2O2. The number of aromatic carboxylic acids is 1. The van der Waals surface area contributed by atoms with Gasteiger partial charge in [-0.05, 0) is 18.2 Å². The molecule has 0 spiro atoms. The van der Waals surface area contributed by atoms with Crippen molar-refractivity contribution in [3.63, 3.8) is 0 Å². The van der Waals surface area contributed by atoms with Crippen LogP contribution in [-0.4, -0.2) is 11.1 Å². The van der Waals surface area contributed by atoms with Crippen LogP contribution in [0.25, 0.3) is 11.1 Å². The molecule has 0 aliphatic heterocycles. The van der Waals surface area contributed by atoms with E-state index in [1.807, 2.05) is 0 Å². The van der Waals surface area contributed by atoms with Crippen LogP contribution >= 0.6 is 11.6 Å². The van der Waals surface area contributed by atoms with E-state index in [9.17, 15) is 13.6 Å². The first kappa shape index (κ1) is 12.5.